The van der Waals surface area contributed by atoms with Gasteiger partial charge in [0.05, 0.1) is 5.56 Å². The van der Waals surface area contributed by atoms with Gasteiger partial charge in [0.25, 0.3) is 0 Å². The molecular weight excluding hydrogens is 278 g/mol. The van der Waals surface area contributed by atoms with E-state index in [1.165, 1.54) is 0 Å². The van der Waals surface area contributed by atoms with Crippen LogP contribution in [0.4, 0.5) is 11.6 Å². The molecule has 1 aliphatic heterocycles. The summed E-state index contributed by atoms with van der Waals surface area (Å²) in [5.41, 5.74) is 7.49. The quantitative estimate of drug-likeness (QED) is 0.823. The summed E-state index contributed by atoms with van der Waals surface area (Å²) in [7, 11) is 0. The summed E-state index contributed by atoms with van der Waals surface area (Å²) in [4.78, 5) is 23.4. The molecule has 2 aromatic rings. The first-order valence-corrected chi connectivity index (χ1v) is 7.35. The maximum Gasteiger partial charge on any atom is 0.215 e. The fraction of sp³-hybridized carbons (Fsp3) is 0.312. The number of nitrogens with two attached hydrogens (primary N) is 1. The molecule has 0 aliphatic carbocycles. The number of nitrogens with one attached hydrogen (secondary N) is 1. The van der Waals surface area contributed by atoms with Crippen molar-refractivity contribution >= 4 is 17.4 Å². The third-order valence-electron chi connectivity index (χ3n) is 3.82. The fourth-order valence-electron chi connectivity index (χ4n) is 2.56. The Morgan fingerprint density at radius 3 is 2.77 bits per heavy atom. The molecule has 1 aliphatic rings. The zero-order valence-corrected chi connectivity index (χ0v) is 12.5. The topological polar surface area (TPSA) is 84.1 Å². The van der Waals surface area contributed by atoms with Crippen molar-refractivity contribution in [2.75, 3.05) is 36.8 Å². The van der Waals surface area contributed by atoms with Crippen molar-refractivity contribution in [1.29, 1.82) is 0 Å². The van der Waals surface area contributed by atoms with Gasteiger partial charge in [0, 0.05) is 32.4 Å². The summed E-state index contributed by atoms with van der Waals surface area (Å²) >= 11 is 0. The third-order valence-corrected chi connectivity index (χ3v) is 3.82. The van der Waals surface area contributed by atoms with Crippen LogP contribution in [0.3, 0.4) is 0 Å². The summed E-state index contributed by atoms with van der Waals surface area (Å²) in [6, 6.07) is 7.29. The fourth-order valence-corrected chi connectivity index (χ4v) is 2.56. The molecule has 0 aromatic carbocycles. The normalized spacial score (nSPS) is 14.9. The van der Waals surface area contributed by atoms with E-state index in [1.807, 2.05) is 19.1 Å². The number of hydrogen-bond acceptors (Lipinski definition) is 6. The Hall–Kier alpha value is -2.47. The Morgan fingerprint density at radius 1 is 1.27 bits per heavy atom. The molecule has 0 bridgehead atoms. The average molecular weight is 297 g/mol. The van der Waals surface area contributed by atoms with Crippen LogP contribution < -0.4 is 16.0 Å². The van der Waals surface area contributed by atoms with Gasteiger partial charge in [-0.3, -0.25) is 4.79 Å². The molecule has 1 saturated heterocycles. The highest BCUT2D eigenvalue weighted by Crippen LogP contribution is 2.20. The molecule has 0 amide bonds. The van der Waals surface area contributed by atoms with Gasteiger partial charge >= 0.3 is 0 Å². The maximum atomic E-state index is 12.7. The van der Waals surface area contributed by atoms with Gasteiger partial charge in [0.2, 0.25) is 5.78 Å². The van der Waals surface area contributed by atoms with Gasteiger partial charge in [-0.1, -0.05) is 6.07 Å². The number of carbonyl (C=O) groups excluding carboxylic acids is 1. The van der Waals surface area contributed by atoms with E-state index in [1.54, 1.807) is 18.3 Å². The summed E-state index contributed by atoms with van der Waals surface area (Å²) in [6.45, 7) is 5.51. The molecule has 0 unspecified atom stereocenters. The summed E-state index contributed by atoms with van der Waals surface area (Å²) < 4.78 is 0. The third kappa shape index (κ3) is 2.78. The van der Waals surface area contributed by atoms with Gasteiger partial charge in [0.15, 0.2) is 0 Å². The lowest BCUT2D eigenvalue weighted by molar-refractivity contribution is 0.103. The van der Waals surface area contributed by atoms with E-state index in [0.29, 0.717) is 11.3 Å². The highest BCUT2D eigenvalue weighted by Gasteiger charge is 2.19. The van der Waals surface area contributed by atoms with Crippen molar-refractivity contribution in [3.8, 4) is 0 Å². The lowest BCUT2D eigenvalue weighted by Crippen LogP contribution is -2.44. The van der Waals surface area contributed by atoms with E-state index >= 15 is 0 Å². The largest absolute Gasteiger partial charge is 0.383 e. The smallest absolute Gasteiger partial charge is 0.215 e. The van der Waals surface area contributed by atoms with E-state index in [-0.39, 0.29) is 11.6 Å². The summed E-state index contributed by atoms with van der Waals surface area (Å²) in [5, 5.41) is 3.31. The monoisotopic (exact) mass is 297 g/mol. The zero-order valence-electron chi connectivity index (χ0n) is 12.5. The van der Waals surface area contributed by atoms with Crippen LogP contribution in [0, 0.1) is 6.92 Å². The van der Waals surface area contributed by atoms with E-state index < -0.39 is 0 Å². The Balaban J connectivity index is 1.96. The van der Waals surface area contributed by atoms with Crippen molar-refractivity contribution in [1.82, 2.24) is 15.3 Å². The number of anilines is 2. The average Bonchev–Trinajstić information content (AvgIpc) is 2.56. The van der Waals surface area contributed by atoms with Crippen molar-refractivity contribution in [3.05, 3.63) is 47.3 Å². The van der Waals surface area contributed by atoms with Crippen molar-refractivity contribution in [2.45, 2.75) is 6.92 Å². The Kier molecular flexibility index (Phi) is 4.02. The predicted octanol–water partition coefficient (Wildman–Crippen LogP) is 1.01. The van der Waals surface area contributed by atoms with Gasteiger partial charge in [0.1, 0.15) is 17.3 Å². The minimum absolute atomic E-state index is 0.180. The molecular formula is C16H19N5O. The van der Waals surface area contributed by atoms with E-state index in [0.717, 1.165) is 37.6 Å². The van der Waals surface area contributed by atoms with Crippen LogP contribution in [0.2, 0.25) is 0 Å². The van der Waals surface area contributed by atoms with Gasteiger partial charge in [-0.2, -0.15) is 0 Å². The van der Waals surface area contributed by atoms with Gasteiger partial charge in [-0.05, 0) is 30.7 Å². The molecule has 22 heavy (non-hydrogen) atoms. The molecule has 6 nitrogen and oxygen atoms in total. The minimum atomic E-state index is -0.180. The first-order valence-electron chi connectivity index (χ1n) is 7.35. The van der Waals surface area contributed by atoms with E-state index in [4.69, 9.17) is 5.73 Å². The number of rotatable bonds is 3. The first kappa shape index (κ1) is 14.5. The highest BCUT2D eigenvalue weighted by molar-refractivity contribution is 6.11. The number of nitrogen functional groups attached to an aromatic ring is 1. The van der Waals surface area contributed by atoms with Crippen molar-refractivity contribution in [2.24, 2.45) is 0 Å². The highest BCUT2D eigenvalue weighted by atomic mass is 16.1. The Morgan fingerprint density at radius 2 is 2.05 bits per heavy atom. The van der Waals surface area contributed by atoms with Crippen LogP contribution >= 0.6 is 0 Å². The summed E-state index contributed by atoms with van der Waals surface area (Å²) in [5.74, 6) is 0.888. The number of carbonyl (C=O) groups is 1. The maximum absolute atomic E-state index is 12.7. The van der Waals surface area contributed by atoms with Gasteiger partial charge in [-0.15, -0.1) is 0 Å². The molecule has 2 aromatic heterocycles. The minimum Gasteiger partial charge on any atom is -0.383 e. The number of hydrogen-bond donors (Lipinski definition) is 2. The first-order chi connectivity index (χ1) is 10.7. The number of piperazine rings is 1. The molecule has 0 saturated carbocycles. The van der Waals surface area contributed by atoms with Crippen molar-refractivity contribution in [3.63, 3.8) is 0 Å². The molecule has 0 atom stereocenters. The zero-order chi connectivity index (χ0) is 15.5. The Labute approximate surface area is 129 Å². The molecule has 114 valence electrons. The lowest BCUT2D eigenvalue weighted by Gasteiger charge is -2.28. The molecule has 3 rings (SSSR count). The standard InChI is InChI=1S/C16H19N5O/c1-11-4-5-13(21-9-7-18-8-10-21)20-14(11)15(22)12-3-2-6-19-16(12)17/h2-6,18H,7-10H2,1H3,(H2,17,19). The lowest BCUT2D eigenvalue weighted by atomic mass is 10.0. The molecule has 3 heterocycles. The van der Waals surface area contributed by atoms with Crippen LogP contribution in [-0.2, 0) is 0 Å². The van der Waals surface area contributed by atoms with Crippen molar-refractivity contribution < 1.29 is 4.79 Å². The van der Waals surface area contributed by atoms with Gasteiger partial charge < -0.3 is 16.0 Å². The predicted molar refractivity (Wildman–Crippen MR) is 86.1 cm³/mol. The second kappa shape index (κ2) is 6.11. The van der Waals surface area contributed by atoms with Crippen LogP contribution in [0.15, 0.2) is 30.5 Å². The molecule has 0 radical (unpaired) electrons. The van der Waals surface area contributed by atoms with E-state index in [9.17, 15) is 4.79 Å². The number of aromatic nitrogens is 2. The molecule has 1 fully saturated rings. The van der Waals surface area contributed by atoms with Crippen LogP contribution in [0.25, 0.3) is 0 Å². The van der Waals surface area contributed by atoms with Gasteiger partial charge in [-0.25, -0.2) is 9.97 Å². The second-order valence-electron chi connectivity index (χ2n) is 5.34. The van der Waals surface area contributed by atoms with Crippen LogP contribution in [0.5, 0.6) is 0 Å². The van der Waals surface area contributed by atoms with Crippen LogP contribution in [0.1, 0.15) is 21.6 Å². The molecule has 3 N–H and O–H groups in total. The number of pyridine rings is 2. The van der Waals surface area contributed by atoms with Crippen LogP contribution in [-0.4, -0.2) is 41.9 Å². The Bertz CT molecular complexity index is 695. The molecule has 0 spiro atoms. The SMILES string of the molecule is Cc1ccc(N2CCNCC2)nc1C(=O)c1cccnc1N. The number of ketones is 1. The van der Waals surface area contributed by atoms with E-state index in [2.05, 4.69) is 20.2 Å². The number of nitrogens with zero attached hydrogens (tertiary/aromatic N) is 3. The molecule has 6 heteroatoms. The summed E-state index contributed by atoms with van der Waals surface area (Å²) in [6.07, 6.45) is 1.57. The number of aryl methyl sites for hydroxylation is 1. The second-order valence-corrected chi connectivity index (χ2v) is 5.34.